The topological polar surface area (TPSA) is 29.9 Å². The molecule has 0 saturated heterocycles. The summed E-state index contributed by atoms with van der Waals surface area (Å²) in [6.45, 7) is 6.08. The minimum Gasteiger partial charge on any atom is -0.306 e. The first-order valence-electron chi connectivity index (χ1n) is 6.85. The van der Waals surface area contributed by atoms with Crippen molar-refractivity contribution in [1.29, 1.82) is 0 Å². The molecule has 0 aliphatic carbocycles. The van der Waals surface area contributed by atoms with E-state index < -0.39 is 0 Å². The van der Waals surface area contributed by atoms with Crippen LogP contribution in [0.4, 0.5) is 0 Å². The first-order chi connectivity index (χ1) is 9.63. The molecule has 1 heterocycles. The average Bonchev–Trinajstić information content (AvgIpc) is 2.83. The van der Waals surface area contributed by atoms with E-state index in [2.05, 4.69) is 52.5 Å². The fraction of sp³-hybridized carbons (Fsp3) is 0.400. The number of aromatic nitrogens is 2. The fourth-order valence-corrected chi connectivity index (χ4v) is 3.14. The second-order valence-electron chi connectivity index (χ2n) is 4.73. The number of nitrogens with zero attached hydrogens (tertiary/aromatic N) is 2. The van der Waals surface area contributed by atoms with Crippen molar-refractivity contribution >= 4 is 27.5 Å². The number of hydrogen-bond acceptors (Lipinski definition) is 2. The van der Waals surface area contributed by atoms with Gasteiger partial charge in [0.05, 0.1) is 12.2 Å². The molecule has 0 aliphatic rings. The van der Waals surface area contributed by atoms with Gasteiger partial charge in [-0.15, -0.1) is 0 Å². The van der Waals surface area contributed by atoms with Gasteiger partial charge in [-0.05, 0) is 36.7 Å². The van der Waals surface area contributed by atoms with Crippen molar-refractivity contribution in [3.63, 3.8) is 0 Å². The summed E-state index contributed by atoms with van der Waals surface area (Å²) in [5.74, 6) is 0. The Morgan fingerprint density at radius 2 is 2.10 bits per heavy atom. The lowest BCUT2D eigenvalue weighted by Crippen LogP contribution is -2.21. The summed E-state index contributed by atoms with van der Waals surface area (Å²) in [4.78, 5) is 0. The van der Waals surface area contributed by atoms with E-state index in [4.69, 9.17) is 11.6 Å². The molecular formula is C15H19BrClN3. The smallest absolute Gasteiger partial charge is 0.0608 e. The zero-order chi connectivity index (χ0) is 14.5. The van der Waals surface area contributed by atoms with Gasteiger partial charge in [0.15, 0.2) is 0 Å². The second kappa shape index (κ2) is 7.25. The van der Waals surface area contributed by atoms with Crippen molar-refractivity contribution < 1.29 is 0 Å². The Labute approximate surface area is 133 Å². The fourth-order valence-electron chi connectivity index (χ4n) is 2.25. The summed E-state index contributed by atoms with van der Waals surface area (Å²) in [5, 5.41) is 8.64. The maximum atomic E-state index is 6.16. The highest BCUT2D eigenvalue weighted by atomic mass is 79.9. The zero-order valence-electron chi connectivity index (χ0n) is 11.7. The Morgan fingerprint density at radius 1 is 1.30 bits per heavy atom. The molecule has 5 heteroatoms. The third-order valence-electron chi connectivity index (χ3n) is 3.07. The van der Waals surface area contributed by atoms with Crippen LogP contribution >= 0.6 is 27.5 Å². The van der Waals surface area contributed by atoms with Crippen LogP contribution in [0.3, 0.4) is 0 Å². The quantitative estimate of drug-likeness (QED) is 0.831. The summed E-state index contributed by atoms with van der Waals surface area (Å²) in [6.07, 6.45) is 5.11. The van der Waals surface area contributed by atoms with Gasteiger partial charge >= 0.3 is 0 Å². The maximum Gasteiger partial charge on any atom is 0.0608 e. The van der Waals surface area contributed by atoms with E-state index >= 15 is 0 Å². The SMILES string of the molecule is CCCn1cc(C(NCC)c2cc(Cl)cc(Br)c2)cn1. The van der Waals surface area contributed by atoms with Crippen LogP contribution in [-0.4, -0.2) is 16.3 Å². The van der Waals surface area contributed by atoms with Gasteiger partial charge in [-0.3, -0.25) is 4.68 Å². The van der Waals surface area contributed by atoms with Gasteiger partial charge in [-0.1, -0.05) is 41.4 Å². The van der Waals surface area contributed by atoms with Crippen LogP contribution in [0.5, 0.6) is 0 Å². The summed E-state index contributed by atoms with van der Waals surface area (Å²) in [6, 6.07) is 6.10. The molecule has 0 fully saturated rings. The Kier molecular flexibility index (Phi) is 5.64. The van der Waals surface area contributed by atoms with Gasteiger partial charge in [0.1, 0.15) is 0 Å². The van der Waals surface area contributed by atoms with Gasteiger partial charge in [-0.25, -0.2) is 0 Å². The van der Waals surface area contributed by atoms with E-state index in [0.29, 0.717) is 0 Å². The average molecular weight is 357 g/mol. The highest BCUT2D eigenvalue weighted by Crippen LogP contribution is 2.27. The summed E-state index contributed by atoms with van der Waals surface area (Å²) in [7, 11) is 0. The van der Waals surface area contributed by atoms with Crippen molar-refractivity contribution in [3.8, 4) is 0 Å². The van der Waals surface area contributed by atoms with Crippen LogP contribution < -0.4 is 5.32 Å². The van der Waals surface area contributed by atoms with E-state index in [0.717, 1.165) is 40.1 Å². The molecule has 0 radical (unpaired) electrons. The molecule has 1 unspecified atom stereocenters. The van der Waals surface area contributed by atoms with Crippen molar-refractivity contribution in [3.05, 3.63) is 51.2 Å². The summed E-state index contributed by atoms with van der Waals surface area (Å²) >= 11 is 9.66. The zero-order valence-corrected chi connectivity index (χ0v) is 14.1. The van der Waals surface area contributed by atoms with Crippen molar-refractivity contribution in [2.75, 3.05) is 6.54 Å². The van der Waals surface area contributed by atoms with Gasteiger partial charge in [0, 0.05) is 27.8 Å². The summed E-state index contributed by atoms with van der Waals surface area (Å²) in [5.41, 5.74) is 2.30. The molecule has 20 heavy (non-hydrogen) atoms. The molecule has 2 aromatic rings. The molecule has 1 atom stereocenters. The molecule has 1 N–H and O–H groups in total. The molecule has 1 aromatic heterocycles. The van der Waals surface area contributed by atoms with E-state index in [1.165, 1.54) is 0 Å². The normalized spacial score (nSPS) is 12.6. The maximum absolute atomic E-state index is 6.16. The van der Waals surface area contributed by atoms with Crippen molar-refractivity contribution in [2.24, 2.45) is 0 Å². The van der Waals surface area contributed by atoms with Crippen LogP contribution in [0.1, 0.15) is 37.4 Å². The molecule has 0 bridgehead atoms. The number of aryl methyl sites for hydroxylation is 1. The molecule has 1 aromatic carbocycles. The summed E-state index contributed by atoms with van der Waals surface area (Å²) < 4.78 is 2.98. The molecular weight excluding hydrogens is 338 g/mol. The van der Waals surface area contributed by atoms with Crippen LogP contribution in [0, 0.1) is 0 Å². The molecule has 108 valence electrons. The Morgan fingerprint density at radius 3 is 2.75 bits per heavy atom. The minimum absolute atomic E-state index is 0.112. The Balaban J connectivity index is 2.33. The molecule has 0 saturated carbocycles. The lowest BCUT2D eigenvalue weighted by Gasteiger charge is -2.17. The highest BCUT2D eigenvalue weighted by Gasteiger charge is 2.16. The lowest BCUT2D eigenvalue weighted by molar-refractivity contribution is 0.597. The monoisotopic (exact) mass is 355 g/mol. The number of halogens is 2. The number of benzene rings is 1. The van der Waals surface area contributed by atoms with Crippen LogP contribution in [-0.2, 0) is 6.54 Å². The molecule has 2 rings (SSSR count). The van der Waals surface area contributed by atoms with Gasteiger partial charge in [0.25, 0.3) is 0 Å². The number of hydrogen-bond donors (Lipinski definition) is 1. The first kappa shape index (κ1) is 15.5. The third kappa shape index (κ3) is 3.84. The first-order valence-corrected chi connectivity index (χ1v) is 8.02. The van der Waals surface area contributed by atoms with E-state index in [1.807, 2.05) is 23.0 Å². The van der Waals surface area contributed by atoms with E-state index in [-0.39, 0.29) is 6.04 Å². The van der Waals surface area contributed by atoms with Crippen LogP contribution in [0.15, 0.2) is 35.1 Å². The highest BCUT2D eigenvalue weighted by molar-refractivity contribution is 9.10. The van der Waals surface area contributed by atoms with Crippen LogP contribution in [0.2, 0.25) is 5.02 Å². The van der Waals surface area contributed by atoms with Gasteiger partial charge < -0.3 is 5.32 Å². The standard InChI is InChI=1S/C15H19BrClN3/c1-3-5-20-10-12(9-19-20)15(18-4-2)11-6-13(16)8-14(17)7-11/h6-10,15,18H,3-5H2,1-2H3. The molecule has 0 spiro atoms. The minimum atomic E-state index is 0.112. The molecule has 0 amide bonds. The second-order valence-corrected chi connectivity index (χ2v) is 6.08. The van der Waals surface area contributed by atoms with E-state index in [9.17, 15) is 0 Å². The number of rotatable bonds is 6. The lowest BCUT2D eigenvalue weighted by atomic mass is 10.0. The Hall–Kier alpha value is -0.840. The Bertz CT molecular complexity index is 548. The molecule has 3 nitrogen and oxygen atoms in total. The van der Waals surface area contributed by atoms with Crippen molar-refractivity contribution in [1.82, 2.24) is 15.1 Å². The predicted molar refractivity (Wildman–Crippen MR) is 87.2 cm³/mol. The third-order valence-corrected chi connectivity index (χ3v) is 3.74. The van der Waals surface area contributed by atoms with E-state index in [1.54, 1.807) is 0 Å². The number of nitrogens with one attached hydrogen (secondary N) is 1. The van der Waals surface area contributed by atoms with Gasteiger partial charge in [0.2, 0.25) is 0 Å². The molecule has 0 aliphatic heterocycles. The van der Waals surface area contributed by atoms with Gasteiger partial charge in [-0.2, -0.15) is 5.10 Å². The predicted octanol–water partition coefficient (Wildman–Crippen LogP) is 4.41. The van der Waals surface area contributed by atoms with Crippen LogP contribution in [0.25, 0.3) is 0 Å². The largest absolute Gasteiger partial charge is 0.306 e. The van der Waals surface area contributed by atoms with Crippen molar-refractivity contribution in [2.45, 2.75) is 32.9 Å².